The number of benzene rings is 3. The van der Waals surface area contributed by atoms with Gasteiger partial charge in [0.1, 0.15) is 11.5 Å². The number of hydrogen-bond donors (Lipinski definition) is 2. The molecule has 1 aliphatic rings. The molecule has 3 aromatic carbocycles. The van der Waals surface area contributed by atoms with Crippen molar-refractivity contribution in [2.75, 3.05) is 11.9 Å². The molecule has 1 amide bonds. The first kappa shape index (κ1) is 27.6. The summed E-state index contributed by atoms with van der Waals surface area (Å²) in [6.45, 7) is 1.20. The maximum absolute atomic E-state index is 14.3. The topological polar surface area (TPSA) is 152 Å². The Hall–Kier alpha value is -4.91. The van der Waals surface area contributed by atoms with Crippen LogP contribution in [0.3, 0.4) is 0 Å². The molecule has 4 aromatic rings. The molecular weight excluding hydrogens is 608 g/mol. The van der Waals surface area contributed by atoms with Crippen LogP contribution in [0, 0.1) is 11.6 Å². The molecule has 10 nitrogen and oxygen atoms in total. The number of amides is 1. The highest BCUT2D eigenvalue weighted by atomic mass is 79.9. The quantitative estimate of drug-likeness (QED) is 0.165. The third kappa shape index (κ3) is 4.73. The molecule has 1 atom stereocenters. The van der Waals surface area contributed by atoms with E-state index in [0.29, 0.717) is 6.07 Å². The number of hydrogen-bond acceptors (Lipinski definition) is 8. The number of H-pyrrole nitrogens is 1. The van der Waals surface area contributed by atoms with Crippen molar-refractivity contribution in [3.05, 3.63) is 103 Å². The zero-order chi connectivity index (χ0) is 29.6. The van der Waals surface area contributed by atoms with E-state index in [9.17, 15) is 37.5 Å². The minimum atomic E-state index is -2.18. The summed E-state index contributed by atoms with van der Waals surface area (Å²) < 4.78 is 32.4. The Morgan fingerprint density at radius 1 is 1.00 bits per heavy atom. The van der Waals surface area contributed by atoms with Crippen LogP contribution in [0.25, 0.3) is 11.0 Å². The van der Waals surface area contributed by atoms with Gasteiger partial charge in [-0.1, -0.05) is 24.3 Å². The number of rotatable bonds is 6. The van der Waals surface area contributed by atoms with Crippen LogP contribution in [0.15, 0.2) is 57.8 Å². The SMILES string of the molecule is CCOC(=O)C(C(=O)C(=O)Nc1c(F)cc(F)cc1Br)c1nc2ccc3c(c2[nH]c1=O)C(=O)c1ccccc1C3=O. The zero-order valence-electron chi connectivity index (χ0n) is 20.8. The molecule has 0 saturated carbocycles. The highest BCUT2D eigenvalue weighted by Crippen LogP contribution is 2.32. The van der Waals surface area contributed by atoms with Crippen molar-refractivity contribution in [3.8, 4) is 0 Å². The molecule has 2 N–H and O–H groups in total. The Kier molecular flexibility index (Phi) is 7.13. The van der Waals surface area contributed by atoms with Gasteiger partial charge in [-0.25, -0.2) is 13.8 Å². The molecule has 1 aromatic heterocycles. The molecule has 1 unspecified atom stereocenters. The van der Waals surface area contributed by atoms with E-state index in [1.807, 2.05) is 5.32 Å². The fourth-order valence-corrected chi connectivity index (χ4v) is 4.99. The Morgan fingerprint density at radius 3 is 2.34 bits per heavy atom. The number of anilines is 1. The average molecular weight is 624 g/mol. The first-order valence-corrected chi connectivity index (χ1v) is 12.7. The van der Waals surface area contributed by atoms with Crippen LogP contribution in [0.5, 0.6) is 0 Å². The zero-order valence-corrected chi connectivity index (χ0v) is 22.4. The first-order valence-electron chi connectivity index (χ1n) is 11.9. The number of carbonyl (C=O) groups is 5. The van der Waals surface area contributed by atoms with E-state index in [4.69, 9.17) is 4.74 Å². The molecule has 206 valence electrons. The maximum Gasteiger partial charge on any atom is 0.323 e. The van der Waals surface area contributed by atoms with Gasteiger partial charge < -0.3 is 15.0 Å². The van der Waals surface area contributed by atoms with Gasteiger partial charge in [0.15, 0.2) is 23.3 Å². The van der Waals surface area contributed by atoms with E-state index in [1.165, 1.54) is 31.2 Å². The Balaban J connectivity index is 1.60. The number of Topliss-reactive ketones (excluding diaryl/α,β-unsaturated/α-hetero) is 1. The minimum absolute atomic E-state index is 0.0238. The van der Waals surface area contributed by atoms with E-state index in [0.717, 1.165) is 6.07 Å². The molecule has 1 aliphatic carbocycles. The van der Waals surface area contributed by atoms with Crippen LogP contribution in [0.2, 0.25) is 0 Å². The van der Waals surface area contributed by atoms with Crippen molar-refractivity contribution >= 4 is 61.9 Å². The summed E-state index contributed by atoms with van der Waals surface area (Å²) in [5, 5.41) is 1.96. The van der Waals surface area contributed by atoms with Crippen LogP contribution < -0.4 is 10.9 Å². The molecule has 5 rings (SSSR count). The standard InChI is InChI=1S/C28H16BrF2N3O7/c1-2-41-28(40)19(25(37)27(39)33-20-15(29)9-11(30)10-16(20)31)22-26(38)34-21-17(32-22)8-7-14-18(21)24(36)13-6-4-3-5-12(13)23(14)35/h3-10,19H,2H2,1H3,(H,33,39)(H,34,38). The smallest absolute Gasteiger partial charge is 0.323 e. The van der Waals surface area contributed by atoms with Crippen molar-refractivity contribution < 1.29 is 37.5 Å². The second-order valence-corrected chi connectivity index (χ2v) is 9.64. The van der Waals surface area contributed by atoms with Crippen LogP contribution >= 0.6 is 15.9 Å². The summed E-state index contributed by atoms with van der Waals surface area (Å²) >= 11 is 2.88. The van der Waals surface area contributed by atoms with Gasteiger partial charge in [-0.05, 0) is 41.1 Å². The predicted molar refractivity (Wildman–Crippen MR) is 143 cm³/mol. The van der Waals surface area contributed by atoms with Crippen molar-refractivity contribution in [2.24, 2.45) is 0 Å². The number of ketones is 3. The van der Waals surface area contributed by atoms with Gasteiger partial charge in [0.05, 0.1) is 28.9 Å². The number of esters is 1. The molecule has 0 aliphatic heterocycles. The van der Waals surface area contributed by atoms with Gasteiger partial charge in [-0.2, -0.15) is 0 Å². The van der Waals surface area contributed by atoms with Crippen molar-refractivity contribution in [1.29, 1.82) is 0 Å². The van der Waals surface area contributed by atoms with Crippen molar-refractivity contribution in [1.82, 2.24) is 9.97 Å². The second kappa shape index (κ2) is 10.6. The largest absolute Gasteiger partial charge is 0.465 e. The molecule has 0 saturated heterocycles. The number of aromatic nitrogens is 2. The molecule has 0 radical (unpaired) electrons. The highest BCUT2D eigenvalue weighted by molar-refractivity contribution is 9.10. The van der Waals surface area contributed by atoms with Gasteiger partial charge in [0.2, 0.25) is 5.78 Å². The maximum atomic E-state index is 14.3. The lowest BCUT2D eigenvalue weighted by molar-refractivity contribution is -0.150. The van der Waals surface area contributed by atoms with E-state index in [-0.39, 0.29) is 44.4 Å². The second-order valence-electron chi connectivity index (χ2n) is 8.79. The van der Waals surface area contributed by atoms with Crippen LogP contribution in [-0.2, 0) is 19.1 Å². The third-order valence-electron chi connectivity index (χ3n) is 6.31. The van der Waals surface area contributed by atoms with Gasteiger partial charge in [-0.15, -0.1) is 0 Å². The summed E-state index contributed by atoms with van der Waals surface area (Å²) in [5.74, 6) is -9.67. The third-order valence-corrected chi connectivity index (χ3v) is 6.94. The fraction of sp³-hybridized carbons (Fsp3) is 0.107. The summed E-state index contributed by atoms with van der Waals surface area (Å²) in [6.07, 6.45) is 0. The number of fused-ring (bicyclic) bond motifs is 4. The van der Waals surface area contributed by atoms with Gasteiger partial charge >= 0.3 is 5.97 Å². The lowest BCUT2D eigenvalue weighted by atomic mass is 9.83. The number of carbonyl (C=O) groups excluding carboxylic acids is 5. The molecule has 13 heteroatoms. The molecule has 41 heavy (non-hydrogen) atoms. The molecule has 1 heterocycles. The lowest BCUT2D eigenvalue weighted by Gasteiger charge is -2.19. The number of ether oxygens (including phenoxy) is 1. The number of nitrogens with one attached hydrogen (secondary N) is 2. The summed E-state index contributed by atoms with van der Waals surface area (Å²) in [7, 11) is 0. The van der Waals surface area contributed by atoms with E-state index >= 15 is 0 Å². The Bertz CT molecular complexity index is 1880. The summed E-state index contributed by atoms with van der Waals surface area (Å²) in [6, 6.07) is 10.1. The monoisotopic (exact) mass is 623 g/mol. The minimum Gasteiger partial charge on any atom is -0.465 e. The van der Waals surface area contributed by atoms with Crippen molar-refractivity contribution in [3.63, 3.8) is 0 Å². The molecule has 0 spiro atoms. The molecule has 0 bridgehead atoms. The van der Waals surface area contributed by atoms with E-state index in [2.05, 4.69) is 25.9 Å². The highest BCUT2D eigenvalue weighted by Gasteiger charge is 2.39. The Labute approximate surface area is 236 Å². The van der Waals surface area contributed by atoms with Gasteiger partial charge in [0, 0.05) is 27.2 Å². The van der Waals surface area contributed by atoms with Gasteiger partial charge in [0.25, 0.3) is 11.5 Å². The Morgan fingerprint density at radius 2 is 1.68 bits per heavy atom. The molecule has 0 fully saturated rings. The van der Waals surface area contributed by atoms with Gasteiger partial charge in [-0.3, -0.25) is 28.8 Å². The van der Waals surface area contributed by atoms with Crippen LogP contribution in [0.4, 0.5) is 14.5 Å². The van der Waals surface area contributed by atoms with E-state index < -0.39 is 63.7 Å². The first-order chi connectivity index (χ1) is 19.5. The summed E-state index contributed by atoms with van der Waals surface area (Å²) in [4.78, 5) is 84.9. The van der Waals surface area contributed by atoms with Crippen LogP contribution in [0.1, 0.15) is 50.4 Å². The van der Waals surface area contributed by atoms with Crippen molar-refractivity contribution in [2.45, 2.75) is 12.8 Å². The lowest BCUT2D eigenvalue weighted by Crippen LogP contribution is -2.37. The fourth-order valence-electron chi connectivity index (χ4n) is 4.49. The summed E-state index contributed by atoms with van der Waals surface area (Å²) in [5.41, 5.74) is -2.37. The number of aromatic amines is 1. The number of halogens is 3. The number of nitrogens with zero attached hydrogens (tertiary/aromatic N) is 1. The van der Waals surface area contributed by atoms with Crippen LogP contribution in [-0.4, -0.2) is 45.8 Å². The predicted octanol–water partition coefficient (Wildman–Crippen LogP) is 3.59. The normalized spacial score (nSPS) is 12.9. The van der Waals surface area contributed by atoms with E-state index in [1.54, 1.807) is 12.1 Å². The average Bonchev–Trinajstić information content (AvgIpc) is 2.93. The molecular formula is C28H16BrF2N3O7.